The maximum absolute atomic E-state index is 12.3. The van der Waals surface area contributed by atoms with Gasteiger partial charge in [0.25, 0.3) is 0 Å². The van der Waals surface area contributed by atoms with E-state index in [1.807, 2.05) is 54.6 Å². The van der Waals surface area contributed by atoms with Gasteiger partial charge < -0.3 is 15.4 Å². The van der Waals surface area contributed by atoms with Crippen molar-refractivity contribution in [3.8, 4) is 11.5 Å². The molecule has 0 aliphatic carbocycles. The summed E-state index contributed by atoms with van der Waals surface area (Å²) in [6.45, 7) is 4.26. The Balaban J connectivity index is 1.56. The molecule has 3 rings (SSSR count). The van der Waals surface area contributed by atoms with Crippen LogP contribution < -0.4 is 15.4 Å². The van der Waals surface area contributed by atoms with Gasteiger partial charge in [0, 0.05) is 6.54 Å². The van der Waals surface area contributed by atoms with Crippen molar-refractivity contribution in [1.29, 1.82) is 0 Å². The Kier molecular flexibility index (Phi) is 6.84. The predicted octanol–water partition coefficient (Wildman–Crippen LogP) is 4.66. The molecule has 1 heterocycles. The van der Waals surface area contributed by atoms with Gasteiger partial charge in [0.15, 0.2) is 10.1 Å². The van der Waals surface area contributed by atoms with E-state index < -0.39 is 0 Å². The van der Waals surface area contributed by atoms with E-state index in [-0.39, 0.29) is 11.7 Å². The molecule has 0 spiro atoms. The van der Waals surface area contributed by atoms with Crippen molar-refractivity contribution >= 4 is 39.8 Å². The number of aromatic nitrogens is 2. The maximum Gasteiger partial charge on any atom is 0.234 e. The molecule has 8 heteroatoms. The van der Waals surface area contributed by atoms with Gasteiger partial charge in [-0.25, -0.2) is 0 Å². The van der Waals surface area contributed by atoms with Crippen molar-refractivity contribution in [2.45, 2.75) is 4.34 Å². The van der Waals surface area contributed by atoms with Gasteiger partial charge in [-0.15, -0.1) is 16.8 Å². The zero-order chi connectivity index (χ0) is 18.9. The Morgan fingerprint density at radius 1 is 1.15 bits per heavy atom. The van der Waals surface area contributed by atoms with Gasteiger partial charge in [-0.2, -0.15) is 0 Å². The van der Waals surface area contributed by atoms with Crippen LogP contribution in [0.1, 0.15) is 0 Å². The van der Waals surface area contributed by atoms with Crippen LogP contribution in [0.25, 0.3) is 0 Å². The smallest absolute Gasteiger partial charge is 0.234 e. The minimum Gasteiger partial charge on any atom is -0.455 e. The zero-order valence-electron chi connectivity index (χ0n) is 14.4. The predicted molar refractivity (Wildman–Crippen MR) is 111 cm³/mol. The number of ether oxygens (including phenoxy) is 1. The molecule has 0 aliphatic rings. The molecule has 0 saturated heterocycles. The van der Waals surface area contributed by atoms with E-state index in [1.54, 1.807) is 6.08 Å². The van der Waals surface area contributed by atoms with Gasteiger partial charge in [0.2, 0.25) is 11.0 Å². The van der Waals surface area contributed by atoms with E-state index in [0.29, 0.717) is 28.9 Å². The number of hydrogen-bond donors (Lipinski definition) is 2. The lowest BCUT2D eigenvalue weighted by atomic mass is 10.3. The third kappa shape index (κ3) is 5.83. The van der Waals surface area contributed by atoms with Gasteiger partial charge >= 0.3 is 0 Å². The summed E-state index contributed by atoms with van der Waals surface area (Å²) in [6.07, 6.45) is 1.75. The van der Waals surface area contributed by atoms with E-state index >= 15 is 0 Å². The SMILES string of the molecule is C=CCNc1nnc(SCC(=O)Nc2ccccc2Oc2ccccc2)s1. The van der Waals surface area contributed by atoms with E-state index in [4.69, 9.17) is 4.74 Å². The molecule has 27 heavy (non-hydrogen) atoms. The first-order valence-corrected chi connectivity index (χ1v) is 9.97. The molecule has 6 nitrogen and oxygen atoms in total. The number of hydrogen-bond acceptors (Lipinski definition) is 7. The number of para-hydroxylation sites is 3. The lowest BCUT2D eigenvalue weighted by Gasteiger charge is -2.11. The summed E-state index contributed by atoms with van der Waals surface area (Å²) in [5, 5.41) is 14.7. The van der Waals surface area contributed by atoms with Crippen molar-refractivity contribution in [3.05, 3.63) is 67.3 Å². The summed E-state index contributed by atoms with van der Waals surface area (Å²) in [5.41, 5.74) is 0.623. The molecule has 1 amide bonds. The van der Waals surface area contributed by atoms with Crippen LogP contribution in [0.15, 0.2) is 71.6 Å². The normalized spacial score (nSPS) is 10.2. The minimum atomic E-state index is -0.139. The highest BCUT2D eigenvalue weighted by Crippen LogP contribution is 2.30. The van der Waals surface area contributed by atoms with Crippen LogP contribution in [0.5, 0.6) is 11.5 Å². The molecule has 2 N–H and O–H groups in total. The minimum absolute atomic E-state index is 0.139. The number of rotatable bonds is 9. The molecule has 0 aliphatic heterocycles. The van der Waals surface area contributed by atoms with E-state index in [1.165, 1.54) is 23.1 Å². The second-order valence-electron chi connectivity index (χ2n) is 5.29. The van der Waals surface area contributed by atoms with Crippen molar-refractivity contribution < 1.29 is 9.53 Å². The molecule has 0 saturated carbocycles. The fourth-order valence-electron chi connectivity index (χ4n) is 2.09. The molecule has 138 valence electrons. The topological polar surface area (TPSA) is 76.1 Å². The zero-order valence-corrected chi connectivity index (χ0v) is 16.1. The number of thioether (sulfide) groups is 1. The number of carbonyl (C=O) groups excluding carboxylic acids is 1. The molecule has 0 unspecified atom stereocenters. The van der Waals surface area contributed by atoms with Crippen molar-refractivity contribution in [1.82, 2.24) is 10.2 Å². The van der Waals surface area contributed by atoms with Gasteiger partial charge in [0.1, 0.15) is 5.75 Å². The highest BCUT2D eigenvalue weighted by Gasteiger charge is 2.11. The quantitative estimate of drug-likeness (QED) is 0.403. The average Bonchev–Trinajstić information content (AvgIpc) is 3.15. The molecule has 2 aromatic carbocycles. The van der Waals surface area contributed by atoms with Crippen LogP contribution in [-0.4, -0.2) is 28.4 Å². The van der Waals surface area contributed by atoms with Gasteiger partial charge in [0.05, 0.1) is 11.4 Å². The largest absolute Gasteiger partial charge is 0.455 e. The second kappa shape index (κ2) is 9.75. The van der Waals surface area contributed by atoms with E-state index in [2.05, 4.69) is 27.4 Å². The fraction of sp³-hybridized carbons (Fsp3) is 0.105. The molecule has 3 aromatic rings. The fourth-order valence-corrected chi connectivity index (χ4v) is 3.65. The summed E-state index contributed by atoms with van der Waals surface area (Å²) in [5.74, 6) is 1.39. The summed E-state index contributed by atoms with van der Waals surface area (Å²) in [6, 6.07) is 16.8. The number of amides is 1. The first-order chi connectivity index (χ1) is 13.2. The third-order valence-corrected chi connectivity index (χ3v) is 5.28. The van der Waals surface area contributed by atoms with E-state index in [0.717, 1.165) is 4.34 Å². The van der Waals surface area contributed by atoms with Crippen LogP contribution in [0, 0.1) is 0 Å². The van der Waals surface area contributed by atoms with E-state index in [9.17, 15) is 4.79 Å². The lowest BCUT2D eigenvalue weighted by Crippen LogP contribution is -2.14. The summed E-state index contributed by atoms with van der Waals surface area (Å²) >= 11 is 2.74. The lowest BCUT2D eigenvalue weighted by molar-refractivity contribution is -0.113. The Morgan fingerprint density at radius 2 is 1.93 bits per heavy atom. The van der Waals surface area contributed by atoms with Crippen LogP contribution in [0.4, 0.5) is 10.8 Å². The molecule has 0 atom stereocenters. The van der Waals surface area contributed by atoms with Crippen molar-refractivity contribution in [2.75, 3.05) is 22.9 Å². The van der Waals surface area contributed by atoms with Crippen LogP contribution in [0.3, 0.4) is 0 Å². The molecular formula is C19H18N4O2S2. The second-order valence-corrected chi connectivity index (χ2v) is 7.49. The van der Waals surface area contributed by atoms with Gasteiger partial charge in [-0.05, 0) is 24.3 Å². The Morgan fingerprint density at radius 3 is 2.74 bits per heavy atom. The highest BCUT2D eigenvalue weighted by molar-refractivity contribution is 8.01. The van der Waals surface area contributed by atoms with Gasteiger partial charge in [-0.1, -0.05) is 59.5 Å². The molecule has 0 bridgehead atoms. The molecular weight excluding hydrogens is 380 g/mol. The maximum atomic E-state index is 12.3. The van der Waals surface area contributed by atoms with Crippen LogP contribution in [-0.2, 0) is 4.79 Å². The number of benzene rings is 2. The Hall–Kier alpha value is -2.84. The third-order valence-electron chi connectivity index (χ3n) is 3.26. The Bertz CT molecular complexity index is 899. The molecule has 0 radical (unpaired) electrons. The number of nitrogens with one attached hydrogen (secondary N) is 2. The van der Waals surface area contributed by atoms with Gasteiger partial charge in [-0.3, -0.25) is 4.79 Å². The number of carbonyl (C=O) groups is 1. The van der Waals surface area contributed by atoms with Crippen LogP contribution >= 0.6 is 23.1 Å². The number of anilines is 2. The first-order valence-electron chi connectivity index (χ1n) is 8.17. The molecule has 0 fully saturated rings. The van der Waals surface area contributed by atoms with Crippen molar-refractivity contribution in [2.24, 2.45) is 0 Å². The average molecular weight is 399 g/mol. The first kappa shape index (κ1) is 18.9. The number of nitrogens with zero attached hydrogens (tertiary/aromatic N) is 2. The monoisotopic (exact) mass is 398 g/mol. The summed E-state index contributed by atoms with van der Waals surface area (Å²) < 4.78 is 6.58. The van der Waals surface area contributed by atoms with Crippen LogP contribution in [0.2, 0.25) is 0 Å². The van der Waals surface area contributed by atoms with Crippen molar-refractivity contribution in [3.63, 3.8) is 0 Å². The standard InChI is InChI=1S/C19H18N4O2S2/c1-2-12-20-18-22-23-19(27-18)26-13-17(24)21-15-10-6-7-11-16(15)25-14-8-4-3-5-9-14/h2-11H,1,12-13H2,(H,20,22)(H,21,24). The molecule has 1 aromatic heterocycles. The summed E-state index contributed by atoms with van der Waals surface area (Å²) in [4.78, 5) is 12.3. The highest BCUT2D eigenvalue weighted by atomic mass is 32.2. The Labute approximate surface area is 165 Å². The summed E-state index contributed by atoms with van der Waals surface area (Å²) in [7, 11) is 0.